The van der Waals surface area contributed by atoms with Gasteiger partial charge in [0, 0.05) is 18.2 Å². The Hall–Kier alpha value is -2.25. The summed E-state index contributed by atoms with van der Waals surface area (Å²) in [6, 6.07) is 8.07. The molecule has 1 aromatic heterocycles. The van der Waals surface area contributed by atoms with Crippen molar-refractivity contribution in [1.82, 2.24) is 15.5 Å². The van der Waals surface area contributed by atoms with Crippen LogP contribution in [0.5, 0.6) is 0 Å². The number of carbonyl (C=O) groups is 1. The Morgan fingerprint density at radius 3 is 2.90 bits per heavy atom. The van der Waals surface area contributed by atoms with E-state index in [4.69, 9.17) is 10.4 Å². The molecule has 20 heavy (non-hydrogen) atoms. The average molecular weight is 278 g/mol. The molecule has 106 valence electrons. The number of rotatable bonds is 5. The number of nitrogen functional groups attached to an aromatic ring is 1. The Morgan fingerprint density at radius 2 is 2.20 bits per heavy atom. The summed E-state index contributed by atoms with van der Waals surface area (Å²) in [5, 5.41) is 3.60. The highest BCUT2D eigenvalue weighted by Crippen LogP contribution is 2.12. The van der Waals surface area contributed by atoms with Crippen LogP contribution in [0.3, 0.4) is 0 Å². The lowest BCUT2D eigenvalue weighted by molar-refractivity contribution is 0.0944. The average Bonchev–Trinajstić information content (AvgIpc) is 2.89. The van der Waals surface area contributed by atoms with Crippen molar-refractivity contribution < 1.29 is 13.7 Å². The van der Waals surface area contributed by atoms with Gasteiger partial charge in [-0.3, -0.25) is 15.1 Å². The van der Waals surface area contributed by atoms with E-state index >= 15 is 0 Å². The van der Waals surface area contributed by atoms with Crippen LogP contribution in [0.2, 0.25) is 0 Å². The van der Waals surface area contributed by atoms with Gasteiger partial charge in [-0.2, -0.15) is 0 Å². The van der Waals surface area contributed by atoms with Gasteiger partial charge >= 0.3 is 0 Å². The number of aromatic nitrogens is 1. The van der Waals surface area contributed by atoms with Crippen molar-refractivity contribution in [3.8, 4) is 0 Å². The maximum Gasteiger partial charge on any atom is 0.287 e. The highest BCUT2D eigenvalue weighted by Gasteiger charge is 2.13. The van der Waals surface area contributed by atoms with Crippen molar-refractivity contribution in [3.05, 3.63) is 53.2 Å². The van der Waals surface area contributed by atoms with Gasteiger partial charge in [-0.05, 0) is 13.1 Å². The van der Waals surface area contributed by atoms with Crippen LogP contribution in [-0.2, 0) is 13.1 Å². The zero-order valence-electron chi connectivity index (χ0n) is 11.0. The molecular weight excluding hydrogens is 263 g/mol. The third-order valence-corrected chi connectivity index (χ3v) is 2.75. The van der Waals surface area contributed by atoms with Gasteiger partial charge in [-0.1, -0.05) is 23.4 Å². The highest BCUT2D eigenvalue weighted by atomic mass is 19.1. The van der Waals surface area contributed by atoms with Crippen molar-refractivity contribution in [3.63, 3.8) is 0 Å². The molecule has 0 aliphatic rings. The molecule has 1 amide bonds. The minimum atomic E-state index is -0.517. The van der Waals surface area contributed by atoms with Crippen LogP contribution in [0.4, 0.5) is 4.39 Å². The molecule has 0 atom stereocenters. The number of halogens is 1. The molecule has 3 N–H and O–H groups in total. The van der Waals surface area contributed by atoms with E-state index in [1.54, 1.807) is 18.2 Å². The van der Waals surface area contributed by atoms with Crippen LogP contribution in [0.15, 0.2) is 34.9 Å². The second kappa shape index (κ2) is 6.27. The minimum Gasteiger partial charge on any atom is -0.359 e. The first-order valence-electron chi connectivity index (χ1n) is 5.98. The summed E-state index contributed by atoms with van der Waals surface area (Å²) in [7, 11) is 1.82. The van der Waals surface area contributed by atoms with Crippen molar-refractivity contribution in [2.45, 2.75) is 13.1 Å². The van der Waals surface area contributed by atoms with E-state index in [2.05, 4.69) is 5.16 Å². The van der Waals surface area contributed by atoms with Gasteiger partial charge in [0.05, 0.1) is 6.54 Å². The molecule has 0 saturated carbocycles. The number of nitrogens with two attached hydrogens (primary N) is 1. The predicted molar refractivity (Wildman–Crippen MR) is 69.7 cm³/mol. The zero-order chi connectivity index (χ0) is 14.5. The van der Waals surface area contributed by atoms with E-state index in [0.29, 0.717) is 24.4 Å². The van der Waals surface area contributed by atoms with E-state index in [1.807, 2.05) is 17.4 Å². The summed E-state index contributed by atoms with van der Waals surface area (Å²) >= 11 is 0. The van der Waals surface area contributed by atoms with Gasteiger partial charge in [-0.25, -0.2) is 10.2 Å². The first kappa shape index (κ1) is 14.2. The summed E-state index contributed by atoms with van der Waals surface area (Å²) in [4.78, 5) is 13.1. The Balaban J connectivity index is 1.98. The summed E-state index contributed by atoms with van der Waals surface area (Å²) in [6.45, 7) is 0.824. The summed E-state index contributed by atoms with van der Waals surface area (Å²) in [5.74, 6) is 4.74. The first-order valence-corrected chi connectivity index (χ1v) is 5.98. The molecule has 2 rings (SSSR count). The topological polar surface area (TPSA) is 84.4 Å². The fourth-order valence-corrected chi connectivity index (χ4v) is 1.81. The van der Waals surface area contributed by atoms with E-state index in [9.17, 15) is 9.18 Å². The molecule has 0 aliphatic carbocycles. The van der Waals surface area contributed by atoms with Crippen LogP contribution >= 0.6 is 0 Å². The molecule has 0 saturated heterocycles. The van der Waals surface area contributed by atoms with Gasteiger partial charge in [-0.15, -0.1) is 0 Å². The minimum absolute atomic E-state index is 0.113. The van der Waals surface area contributed by atoms with Gasteiger partial charge in [0.2, 0.25) is 0 Å². The number of benzene rings is 1. The van der Waals surface area contributed by atoms with Gasteiger partial charge < -0.3 is 4.52 Å². The van der Waals surface area contributed by atoms with E-state index in [-0.39, 0.29) is 11.5 Å². The molecule has 7 heteroatoms. The molecule has 0 spiro atoms. The van der Waals surface area contributed by atoms with E-state index in [0.717, 1.165) is 0 Å². The molecule has 0 aliphatic heterocycles. The lowest BCUT2D eigenvalue weighted by Crippen LogP contribution is -2.30. The number of nitrogens with one attached hydrogen (secondary N) is 1. The summed E-state index contributed by atoms with van der Waals surface area (Å²) in [6.07, 6.45) is 0. The lowest BCUT2D eigenvalue weighted by Gasteiger charge is -2.14. The molecule has 1 heterocycles. The Kier molecular flexibility index (Phi) is 4.44. The van der Waals surface area contributed by atoms with Crippen LogP contribution < -0.4 is 11.3 Å². The van der Waals surface area contributed by atoms with Crippen LogP contribution in [0.1, 0.15) is 21.8 Å². The van der Waals surface area contributed by atoms with Crippen molar-refractivity contribution in [1.29, 1.82) is 0 Å². The molecule has 0 fully saturated rings. The quantitative estimate of drug-likeness (QED) is 0.485. The molecule has 2 aromatic rings. The lowest BCUT2D eigenvalue weighted by atomic mass is 10.2. The number of nitrogens with zero attached hydrogens (tertiary/aromatic N) is 2. The number of hydrogen-bond donors (Lipinski definition) is 2. The second-order valence-electron chi connectivity index (χ2n) is 4.42. The number of amides is 1. The SMILES string of the molecule is CN(Cc1cc(C(=O)NN)no1)Cc1ccccc1F. The summed E-state index contributed by atoms with van der Waals surface area (Å²) in [5.41, 5.74) is 2.68. The fraction of sp³-hybridized carbons (Fsp3) is 0.231. The van der Waals surface area contributed by atoms with Crippen LogP contribution in [-0.4, -0.2) is 23.0 Å². The predicted octanol–water partition coefficient (Wildman–Crippen LogP) is 1.05. The fourth-order valence-electron chi connectivity index (χ4n) is 1.81. The smallest absolute Gasteiger partial charge is 0.287 e. The van der Waals surface area contributed by atoms with E-state index in [1.165, 1.54) is 12.1 Å². The Morgan fingerprint density at radius 1 is 1.45 bits per heavy atom. The first-order chi connectivity index (χ1) is 9.60. The highest BCUT2D eigenvalue weighted by molar-refractivity contribution is 5.91. The zero-order valence-corrected chi connectivity index (χ0v) is 11.0. The van der Waals surface area contributed by atoms with E-state index < -0.39 is 5.91 Å². The van der Waals surface area contributed by atoms with Crippen molar-refractivity contribution >= 4 is 5.91 Å². The van der Waals surface area contributed by atoms with Gasteiger partial charge in [0.1, 0.15) is 5.82 Å². The Labute approximate surface area is 115 Å². The molecular formula is C13H15FN4O2. The van der Waals surface area contributed by atoms with Crippen molar-refractivity contribution in [2.75, 3.05) is 7.05 Å². The van der Waals surface area contributed by atoms with Crippen LogP contribution in [0, 0.1) is 5.82 Å². The van der Waals surface area contributed by atoms with Crippen LogP contribution in [0.25, 0.3) is 0 Å². The van der Waals surface area contributed by atoms with Crippen molar-refractivity contribution in [2.24, 2.45) is 5.84 Å². The third kappa shape index (κ3) is 3.40. The number of hydrogen-bond acceptors (Lipinski definition) is 5. The number of carbonyl (C=O) groups excluding carboxylic acids is 1. The monoisotopic (exact) mass is 278 g/mol. The normalized spacial score (nSPS) is 10.8. The van der Waals surface area contributed by atoms with Gasteiger partial charge in [0.25, 0.3) is 5.91 Å². The standard InChI is InChI=1S/C13H15FN4O2/c1-18(7-9-4-2-3-5-11(9)14)8-10-6-12(17-20-10)13(19)16-15/h2-6H,7-8,15H2,1H3,(H,16,19). The molecule has 6 nitrogen and oxygen atoms in total. The largest absolute Gasteiger partial charge is 0.359 e. The second-order valence-corrected chi connectivity index (χ2v) is 4.42. The molecule has 0 radical (unpaired) electrons. The maximum atomic E-state index is 13.5. The third-order valence-electron chi connectivity index (χ3n) is 2.75. The molecule has 0 bridgehead atoms. The Bertz CT molecular complexity index is 600. The number of hydrazine groups is 1. The molecule has 1 aromatic carbocycles. The van der Waals surface area contributed by atoms with Gasteiger partial charge in [0.15, 0.2) is 11.5 Å². The maximum absolute atomic E-state index is 13.5. The molecule has 0 unspecified atom stereocenters. The summed E-state index contributed by atoms with van der Waals surface area (Å²) < 4.78 is 18.5.